The maximum atomic E-state index is 5.84. The fourth-order valence-corrected chi connectivity index (χ4v) is 2.18. The van der Waals surface area contributed by atoms with Gasteiger partial charge in [0.1, 0.15) is 7.85 Å². The third-order valence-electron chi connectivity index (χ3n) is 2.99. The minimum absolute atomic E-state index is 0.801. The van der Waals surface area contributed by atoms with E-state index in [1.165, 1.54) is 21.9 Å². The Morgan fingerprint density at radius 3 is 2.35 bits per heavy atom. The zero-order chi connectivity index (χ0) is 11.7. The molecular weight excluding hydrogens is 203 g/mol. The molecule has 0 saturated carbocycles. The van der Waals surface area contributed by atoms with E-state index in [0.29, 0.717) is 0 Å². The van der Waals surface area contributed by atoms with Gasteiger partial charge >= 0.3 is 0 Å². The summed E-state index contributed by atoms with van der Waals surface area (Å²) in [5.74, 6) is 0. The van der Waals surface area contributed by atoms with Gasteiger partial charge in [0.05, 0.1) is 0 Å². The van der Waals surface area contributed by atoms with Crippen molar-refractivity contribution < 1.29 is 0 Å². The summed E-state index contributed by atoms with van der Waals surface area (Å²) >= 11 is 0. The number of fused-ring (bicyclic) bond motifs is 1. The maximum Gasteiger partial charge on any atom is 0.113 e. The lowest BCUT2D eigenvalue weighted by Crippen LogP contribution is -2.00. The van der Waals surface area contributed by atoms with Gasteiger partial charge in [-0.1, -0.05) is 72.2 Å². The van der Waals surface area contributed by atoms with E-state index in [0.717, 1.165) is 5.46 Å². The molecule has 0 spiro atoms. The van der Waals surface area contributed by atoms with E-state index in [9.17, 15) is 0 Å². The van der Waals surface area contributed by atoms with E-state index in [4.69, 9.17) is 7.85 Å². The predicted octanol–water partition coefficient (Wildman–Crippen LogP) is 3.30. The molecule has 0 nitrogen and oxygen atoms in total. The van der Waals surface area contributed by atoms with Gasteiger partial charge < -0.3 is 0 Å². The van der Waals surface area contributed by atoms with E-state index in [2.05, 4.69) is 48.5 Å². The van der Waals surface area contributed by atoms with Gasteiger partial charge in [-0.25, -0.2) is 0 Å². The van der Waals surface area contributed by atoms with E-state index in [1.54, 1.807) is 0 Å². The van der Waals surface area contributed by atoms with Crippen LogP contribution in [-0.2, 0) is 0 Å². The van der Waals surface area contributed by atoms with Crippen molar-refractivity contribution in [3.8, 4) is 11.1 Å². The highest BCUT2D eigenvalue weighted by atomic mass is 14.1. The van der Waals surface area contributed by atoms with Gasteiger partial charge in [-0.2, -0.15) is 0 Å². The fourth-order valence-electron chi connectivity index (χ4n) is 2.18. The van der Waals surface area contributed by atoms with Crippen LogP contribution in [0.3, 0.4) is 0 Å². The van der Waals surface area contributed by atoms with Gasteiger partial charge in [0.15, 0.2) is 0 Å². The van der Waals surface area contributed by atoms with Crippen molar-refractivity contribution in [2.75, 3.05) is 0 Å². The summed E-state index contributed by atoms with van der Waals surface area (Å²) in [5.41, 5.74) is 3.20. The van der Waals surface area contributed by atoms with Crippen LogP contribution < -0.4 is 5.46 Å². The molecule has 0 aliphatic rings. The minimum atomic E-state index is 0.801. The van der Waals surface area contributed by atoms with Crippen LogP contribution in [0.4, 0.5) is 0 Å². The second-order valence-electron chi connectivity index (χ2n) is 4.15. The van der Waals surface area contributed by atoms with Gasteiger partial charge in [-0.3, -0.25) is 0 Å². The van der Waals surface area contributed by atoms with Gasteiger partial charge in [0.25, 0.3) is 0 Å². The summed E-state index contributed by atoms with van der Waals surface area (Å²) in [6.45, 7) is 0. The molecule has 0 fully saturated rings. The van der Waals surface area contributed by atoms with Gasteiger partial charge in [0.2, 0.25) is 0 Å². The number of hydrogen-bond donors (Lipinski definition) is 0. The van der Waals surface area contributed by atoms with Crippen molar-refractivity contribution >= 4 is 24.1 Å². The molecule has 0 aliphatic carbocycles. The van der Waals surface area contributed by atoms with Crippen LogP contribution in [0, 0.1) is 0 Å². The Bertz CT molecular complexity index is 666. The number of hydrogen-bond acceptors (Lipinski definition) is 0. The molecule has 0 heterocycles. The molecule has 0 bridgehead atoms. The van der Waals surface area contributed by atoms with Crippen molar-refractivity contribution in [3.05, 3.63) is 66.7 Å². The second-order valence-corrected chi connectivity index (χ2v) is 4.15. The summed E-state index contributed by atoms with van der Waals surface area (Å²) in [7, 11) is 5.84. The Kier molecular flexibility index (Phi) is 2.45. The van der Waals surface area contributed by atoms with Gasteiger partial charge in [-0.15, -0.1) is 0 Å². The Morgan fingerprint density at radius 2 is 1.47 bits per heavy atom. The standard InChI is InChI=1S/C16H11B/c17-14-8-3-7-13(11-14)16-10-4-6-12-5-1-2-9-15(12)16/h1-11H. The second kappa shape index (κ2) is 4.10. The lowest BCUT2D eigenvalue weighted by Gasteiger charge is -2.07. The van der Waals surface area contributed by atoms with Gasteiger partial charge in [0, 0.05) is 0 Å². The van der Waals surface area contributed by atoms with E-state index in [-0.39, 0.29) is 0 Å². The van der Waals surface area contributed by atoms with Crippen LogP contribution in [0.2, 0.25) is 0 Å². The lowest BCUT2D eigenvalue weighted by atomic mass is 9.91. The molecule has 2 radical (unpaired) electrons. The quantitative estimate of drug-likeness (QED) is 0.545. The molecule has 0 unspecified atom stereocenters. The predicted molar refractivity (Wildman–Crippen MR) is 74.8 cm³/mol. The van der Waals surface area contributed by atoms with E-state index < -0.39 is 0 Å². The molecule has 78 valence electrons. The van der Waals surface area contributed by atoms with Gasteiger partial charge in [-0.05, 0) is 21.9 Å². The molecule has 1 heteroatoms. The summed E-state index contributed by atoms with van der Waals surface area (Å²) in [6, 6.07) is 22.8. The van der Waals surface area contributed by atoms with Crippen LogP contribution in [0.25, 0.3) is 21.9 Å². The monoisotopic (exact) mass is 214 g/mol. The largest absolute Gasteiger partial charge is 0.113 e. The van der Waals surface area contributed by atoms with Crippen molar-refractivity contribution in [1.82, 2.24) is 0 Å². The Labute approximate surface area is 102 Å². The summed E-state index contributed by atoms with van der Waals surface area (Å²) in [5, 5.41) is 2.52. The third-order valence-corrected chi connectivity index (χ3v) is 2.99. The van der Waals surface area contributed by atoms with Crippen molar-refractivity contribution in [1.29, 1.82) is 0 Å². The van der Waals surface area contributed by atoms with Crippen LogP contribution in [0.15, 0.2) is 66.7 Å². The first-order valence-electron chi connectivity index (χ1n) is 5.68. The molecule has 3 aromatic rings. The molecule has 17 heavy (non-hydrogen) atoms. The maximum absolute atomic E-state index is 5.84. The van der Waals surface area contributed by atoms with Crippen LogP contribution >= 0.6 is 0 Å². The Balaban J connectivity index is 2.30. The molecule has 0 aliphatic heterocycles. The first kappa shape index (κ1) is 10.2. The molecule has 0 aromatic heterocycles. The highest BCUT2D eigenvalue weighted by molar-refractivity contribution is 6.32. The van der Waals surface area contributed by atoms with Crippen molar-refractivity contribution in [3.63, 3.8) is 0 Å². The molecule has 0 amide bonds. The molecule has 0 saturated heterocycles. The SMILES string of the molecule is [B]c1cccc(-c2cccc3ccccc23)c1. The topological polar surface area (TPSA) is 0 Å². The number of rotatable bonds is 1. The van der Waals surface area contributed by atoms with Crippen LogP contribution in [0.1, 0.15) is 0 Å². The highest BCUT2D eigenvalue weighted by Crippen LogP contribution is 2.27. The summed E-state index contributed by atoms with van der Waals surface area (Å²) in [4.78, 5) is 0. The lowest BCUT2D eigenvalue weighted by molar-refractivity contribution is 1.68. The zero-order valence-electron chi connectivity index (χ0n) is 9.43. The minimum Gasteiger partial charge on any atom is -0.0961 e. The summed E-state index contributed by atoms with van der Waals surface area (Å²) < 4.78 is 0. The normalized spacial score (nSPS) is 10.6. The highest BCUT2D eigenvalue weighted by Gasteiger charge is 2.02. The molecule has 3 aromatic carbocycles. The first-order chi connectivity index (χ1) is 8.34. The Hall–Kier alpha value is -2.02. The molecular formula is C16H11B. The summed E-state index contributed by atoms with van der Waals surface area (Å²) in [6.07, 6.45) is 0. The van der Waals surface area contributed by atoms with E-state index >= 15 is 0 Å². The average molecular weight is 214 g/mol. The molecule has 3 rings (SSSR count). The van der Waals surface area contributed by atoms with Crippen LogP contribution in [0.5, 0.6) is 0 Å². The number of benzene rings is 3. The Morgan fingerprint density at radius 1 is 0.706 bits per heavy atom. The third kappa shape index (κ3) is 1.85. The molecule has 0 atom stereocenters. The van der Waals surface area contributed by atoms with Crippen molar-refractivity contribution in [2.45, 2.75) is 0 Å². The fraction of sp³-hybridized carbons (Fsp3) is 0. The van der Waals surface area contributed by atoms with Crippen LogP contribution in [-0.4, -0.2) is 7.85 Å². The van der Waals surface area contributed by atoms with Crippen molar-refractivity contribution in [2.24, 2.45) is 0 Å². The smallest absolute Gasteiger partial charge is 0.0961 e. The first-order valence-corrected chi connectivity index (χ1v) is 5.68. The van der Waals surface area contributed by atoms with E-state index in [1.807, 2.05) is 18.2 Å². The molecule has 0 N–H and O–H groups in total. The zero-order valence-corrected chi connectivity index (χ0v) is 9.43. The average Bonchev–Trinajstić information content (AvgIpc) is 2.38.